The average Bonchev–Trinajstić information content (AvgIpc) is 3.55. The molecule has 0 bridgehead atoms. The Morgan fingerprint density at radius 2 is 1.77 bits per heavy atom. The number of ketones is 1. The van der Waals surface area contributed by atoms with Gasteiger partial charge in [-0.05, 0) is 61.0 Å². The predicted molar refractivity (Wildman–Crippen MR) is 199 cm³/mol. The van der Waals surface area contributed by atoms with Gasteiger partial charge in [0.25, 0.3) is 0 Å². The van der Waals surface area contributed by atoms with E-state index >= 15 is 0 Å². The number of aliphatic hydroxyl groups excluding tert-OH is 1. The van der Waals surface area contributed by atoms with Gasteiger partial charge in [0.2, 0.25) is 0 Å². The summed E-state index contributed by atoms with van der Waals surface area (Å²) in [7, 11) is 0. The normalized spacial score (nSPS) is 44.3. The molecular weight excluding hydrogens is 656 g/mol. The molecule has 0 amide bonds. The van der Waals surface area contributed by atoms with Gasteiger partial charge in [0.05, 0.1) is 18.6 Å². The fourth-order valence-electron chi connectivity index (χ4n) is 10.0. The van der Waals surface area contributed by atoms with Crippen LogP contribution in [0.25, 0.3) is 0 Å². The van der Waals surface area contributed by atoms with Crippen LogP contribution < -0.4 is 0 Å². The summed E-state index contributed by atoms with van der Waals surface area (Å²) in [6.07, 6.45) is 34.2. The van der Waals surface area contributed by atoms with E-state index in [2.05, 4.69) is 37.3 Å². The highest BCUT2D eigenvalue weighted by atomic mass is 16.6. The first-order valence-corrected chi connectivity index (χ1v) is 18.9. The van der Waals surface area contributed by atoms with Crippen LogP contribution in [0.1, 0.15) is 66.2 Å². The summed E-state index contributed by atoms with van der Waals surface area (Å²) in [6, 6.07) is 0. The number of rotatable bonds is 6. The molecule has 6 aliphatic rings. The number of carbonyl (C=O) groups is 3. The number of esters is 2. The summed E-state index contributed by atoms with van der Waals surface area (Å²) in [5, 5.41) is 35.0. The zero-order valence-corrected chi connectivity index (χ0v) is 30.8. The quantitative estimate of drug-likeness (QED) is 0.165. The second-order valence-corrected chi connectivity index (χ2v) is 16.0. The highest BCUT2D eigenvalue weighted by Crippen LogP contribution is 2.77. The van der Waals surface area contributed by atoms with Gasteiger partial charge in [-0.3, -0.25) is 9.59 Å². The van der Waals surface area contributed by atoms with E-state index in [1.807, 2.05) is 56.4 Å². The van der Waals surface area contributed by atoms with Crippen LogP contribution in [0.4, 0.5) is 0 Å². The van der Waals surface area contributed by atoms with Crippen molar-refractivity contribution in [2.45, 2.75) is 83.0 Å². The lowest BCUT2D eigenvalue weighted by Gasteiger charge is -2.50. The predicted octanol–water partition coefficient (Wildman–Crippen LogP) is 6.38. The monoisotopic (exact) mass is 710 g/mol. The van der Waals surface area contributed by atoms with E-state index in [1.165, 1.54) is 6.08 Å². The van der Waals surface area contributed by atoms with Crippen molar-refractivity contribution in [1.82, 2.24) is 0 Å². The van der Waals surface area contributed by atoms with Gasteiger partial charge in [-0.1, -0.05) is 118 Å². The standard InChI is InChI=1S/C44H54O8/c1-5-6-7-8-9-11-14-17-32-24-33-18-15-12-10-13-16-19-38(47)52-43-25-30(3)44(50)35(39(43)41(43,4)28-51-37(46)21-20-34(32)33)23-31(27-45)26-42(49)36(44)22-29(2)40(42)48/h7-18,20-23,30,32-36,39,45,49-50H,5-6,19,24-28H2,1-4H3/b8-7+,11-9+,12-10+,16-13+,17-14+,18-15-,21-20-/t30-,32+,33+,34+,35+,36-,39-,41-,42-,43+,44-/m1/s1. The van der Waals surface area contributed by atoms with Gasteiger partial charge in [-0.15, -0.1) is 0 Å². The number of allylic oxidation sites excluding steroid dienone is 12. The minimum atomic E-state index is -1.90. The summed E-state index contributed by atoms with van der Waals surface area (Å²) in [4.78, 5) is 40.2. The van der Waals surface area contributed by atoms with Crippen molar-refractivity contribution in [3.05, 3.63) is 108 Å². The first-order chi connectivity index (χ1) is 24.9. The Labute approximate surface area is 307 Å². The molecular formula is C44H54O8. The second kappa shape index (κ2) is 14.9. The summed E-state index contributed by atoms with van der Waals surface area (Å²) in [6.45, 7) is 7.09. The number of cyclic esters (lactones) is 1. The van der Waals surface area contributed by atoms with Crippen molar-refractivity contribution >= 4 is 17.7 Å². The van der Waals surface area contributed by atoms with Crippen LogP contribution in [0.5, 0.6) is 0 Å². The number of unbranched alkanes of at least 4 members (excludes halogenated alkanes) is 1. The smallest absolute Gasteiger partial charge is 0.330 e. The van der Waals surface area contributed by atoms with Crippen molar-refractivity contribution in [3.63, 3.8) is 0 Å². The topological polar surface area (TPSA) is 130 Å². The third kappa shape index (κ3) is 6.52. The molecule has 1 aliphatic heterocycles. The highest BCUT2D eigenvalue weighted by molar-refractivity contribution is 6.04. The molecule has 0 unspecified atom stereocenters. The van der Waals surface area contributed by atoms with Gasteiger partial charge in [-0.2, -0.15) is 0 Å². The molecule has 0 aromatic heterocycles. The molecule has 11 atom stereocenters. The maximum atomic E-state index is 13.4. The third-order valence-corrected chi connectivity index (χ3v) is 12.9. The van der Waals surface area contributed by atoms with E-state index in [0.717, 1.165) is 19.3 Å². The van der Waals surface area contributed by atoms with Crippen LogP contribution in [0, 0.1) is 46.8 Å². The molecule has 1 spiro atoms. The Morgan fingerprint density at radius 1 is 1.00 bits per heavy atom. The lowest BCUT2D eigenvalue weighted by molar-refractivity contribution is -0.187. The Bertz CT molecular complexity index is 1700. The van der Waals surface area contributed by atoms with E-state index in [-0.39, 0.29) is 43.6 Å². The van der Waals surface area contributed by atoms with E-state index in [4.69, 9.17) is 9.47 Å². The summed E-state index contributed by atoms with van der Waals surface area (Å²) in [5.41, 5.74) is -4.67. The summed E-state index contributed by atoms with van der Waals surface area (Å²) >= 11 is 0. The van der Waals surface area contributed by atoms with Crippen molar-refractivity contribution in [2.24, 2.45) is 46.8 Å². The minimum Gasteiger partial charge on any atom is -0.462 e. The number of fused-ring (bicyclic) bond motifs is 6. The lowest BCUT2D eigenvalue weighted by atomic mass is 9.60. The number of aliphatic hydroxyl groups is 3. The fourth-order valence-corrected chi connectivity index (χ4v) is 10.0. The number of ether oxygens (including phenoxy) is 2. The van der Waals surface area contributed by atoms with E-state index in [0.29, 0.717) is 11.1 Å². The molecule has 8 heteroatoms. The maximum Gasteiger partial charge on any atom is 0.330 e. The number of carbonyl (C=O) groups excluding carboxylic acids is 3. The van der Waals surface area contributed by atoms with Crippen LogP contribution in [-0.4, -0.2) is 63.1 Å². The van der Waals surface area contributed by atoms with E-state index in [9.17, 15) is 29.7 Å². The molecule has 3 fully saturated rings. The Morgan fingerprint density at radius 3 is 2.54 bits per heavy atom. The van der Waals surface area contributed by atoms with Crippen molar-refractivity contribution < 1.29 is 39.2 Å². The Hall–Kier alpha value is -3.85. The Balaban J connectivity index is 1.29. The van der Waals surface area contributed by atoms with Crippen LogP contribution in [0.15, 0.2) is 108 Å². The Kier molecular flexibility index (Phi) is 10.8. The lowest BCUT2D eigenvalue weighted by Crippen LogP contribution is -2.61. The molecule has 5 aliphatic carbocycles. The SMILES string of the molecule is CCC/C=C/C=C/C=C/[C@H]1C[C@@H]2\C=C/C=C/C=C/CC(=O)O[C@@]34C[C@@H](C)[C@@]5(O)[C@@H](C=C(CO)C[C@]6(O)C(=O)C(C)=C[C@@H]56)[C@@H]3[C@@]4(C)COC(=O)/C=C\[C@H]21. The molecule has 1 heterocycles. The zero-order valence-electron chi connectivity index (χ0n) is 30.8. The van der Waals surface area contributed by atoms with Gasteiger partial charge in [0.15, 0.2) is 5.78 Å². The average molecular weight is 711 g/mol. The van der Waals surface area contributed by atoms with Crippen LogP contribution in [-0.2, 0) is 23.9 Å². The van der Waals surface area contributed by atoms with Gasteiger partial charge < -0.3 is 24.8 Å². The number of hydrogen-bond donors (Lipinski definition) is 3. The molecule has 6 rings (SSSR count). The highest BCUT2D eigenvalue weighted by Gasteiger charge is 2.85. The van der Waals surface area contributed by atoms with Crippen molar-refractivity contribution in [2.75, 3.05) is 13.2 Å². The number of Topliss-reactive ketones (excluding diaryl/α,β-unsaturated/α-hetero) is 1. The van der Waals surface area contributed by atoms with E-state index in [1.54, 1.807) is 25.2 Å². The van der Waals surface area contributed by atoms with Crippen molar-refractivity contribution in [3.8, 4) is 0 Å². The van der Waals surface area contributed by atoms with Gasteiger partial charge in [0.1, 0.15) is 17.8 Å². The molecule has 0 aromatic rings. The summed E-state index contributed by atoms with van der Waals surface area (Å²) in [5.74, 6) is -3.45. The molecule has 0 saturated heterocycles. The van der Waals surface area contributed by atoms with Gasteiger partial charge in [-0.25, -0.2) is 4.79 Å². The maximum absolute atomic E-state index is 13.4. The zero-order chi connectivity index (χ0) is 37.3. The van der Waals surface area contributed by atoms with E-state index < -0.39 is 70.2 Å². The van der Waals surface area contributed by atoms with Gasteiger partial charge in [0, 0.05) is 35.7 Å². The number of hydrogen-bond acceptors (Lipinski definition) is 8. The third-order valence-electron chi connectivity index (χ3n) is 12.9. The van der Waals surface area contributed by atoms with Crippen LogP contribution in [0.3, 0.4) is 0 Å². The minimum absolute atomic E-state index is 0.0303. The van der Waals surface area contributed by atoms with Crippen LogP contribution >= 0.6 is 0 Å². The molecule has 0 aromatic carbocycles. The second-order valence-electron chi connectivity index (χ2n) is 16.0. The molecule has 278 valence electrons. The summed E-state index contributed by atoms with van der Waals surface area (Å²) < 4.78 is 12.3. The largest absolute Gasteiger partial charge is 0.462 e. The fraction of sp³-hybridized carbons (Fsp3) is 0.523. The van der Waals surface area contributed by atoms with Crippen molar-refractivity contribution in [1.29, 1.82) is 0 Å². The molecule has 0 radical (unpaired) electrons. The van der Waals surface area contributed by atoms with Gasteiger partial charge >= 0.3 is 11.9 Å². The molecule has 8 nitrogen and oxygen atoms in total. The first kappa shape index (κ1) is 37.9. The molecule has 3 N–H and O–H groups in total. The first-order valence-electron chi connectivity index (χ1n) is 18.9. The van der Waals surface area contributed by atoms with Crippen LogP contribution in [0.2, 0.25) is 0 Å². The molecule has 52 heavy (non-hydrogen) atoms. The molecule has 3 saturated carbocycles.